The zero-order valence-corrected chi connectivity index (χ0v) is 13.9. The molecule has 7 heteroatoms. The van der Waals surface area contributed by atoms with Gasteiger partial charge in [0.05, 0.1) is 5.02 Å². The number of rotatable bonds is 2. The molecule has 0 aliphatic carbocycles. The zero-order valence-electron chi connectivity index (χ0n) is 12.4. The van der Waals surface area contributed by atoms with E-state index >= 15 is 0 Å². The molecule has 1 aromatic carbocycles. The lowest BCUT2D eigenvalue weighted by atomic mass is 9.98. The normalized spacial score (nSPS) is 15.5. The van der Waals surface area contributed by atoms with Crippen LogP contribution in [0.3, 0.4) is 0 Å². The quantitative estimate of drug-likeness (QED) is 0.842. The van der Waals surface area contributed by atoms with Crippen LogP contribution in [0, 0.1) is 6.92 Å². The molecule has 3 rings (SSSR count). The number of nitrogens with zero attached hydrogens (tertiary/aromatic N) is 4. The van der Waals surface area contributed by atoms with Crippen LogP contribution < -0.4 is 4.90 Å². The molecule has 0 fully saturated rings. The highest BCUT2D eigenvalue weighted by molar-refractivity contribution is 6.37. The van der Waals surface area contributed by atoms with Gasteiger partial charge in [0.25, 0.3) is 5.91 Å². The molecule has 0 N–H and O–H groups in total. The lowest BCUT2D eigenvalue weighted by Gasteiger charge is -2.32. The molecule has 0 saturated heterocycles. The molecule has 22 heavy (non-hydrogen) atoms. The van der Waals surface area contributed by atoms with E-state index in [1.54, 1.807) is 15.9 Å². The Kier molecular flexibility index (Phi) is 4.10. The average molecular weight is 339 g/mol. The van der Waals surface area contributed by atoms with Gasteiger partial charge in [-0.2, -0.15) is 5.10 Å². The van der Waals surface area contributed by atoms with Gasteiger partial charge in [-0.3, -0.25) is 4.79 Å². The first kappa shape index (κ1) is 15.3. The van der Waals surface area contributed by atoms with Gasteiger partial charge < -0.3 is 4.90 Å². The predicted octanol–water partition coefficient (Wildman–Crippen LogP) is 3.43. The lowest BCUT2D eigenvalue weighted by molar-refractivity contribution is -0.121. The summed E-state index contributed by atoms with van der Waals surface area (Å²) in [6.07, 6.45) is 4.70. The first-order valence-corrected chi connectivity index (χ1v) is 7.89. The van der Waals surface area contributed by atoms with E-state index in [0.29, 0.717) is 16.6 Å². The molecule has 0 saturated carbocycles. The van der Waals surface area contributed by atoms with Crippen LogP contribution >= 0.6 is 23.2 Å². The van der Waals surface area contributed by atoms with E-state index < -0.39 is 6.04 Å². The lowest BCUT2D eigenvalue weighted by Crippen LogP contribution is -2.40. The van der Waals surface area contributed by atoms with Gasteiger partial charge >= 0.3 is 0 Å². The summed E-state index contributed by atoms with van der Waals surface area (Å²) in [5.74, 6) is -0.0394. The Labute approximate surface area is 138 Å². The summed E-state index contributed by atoms with van der Waals surface area (Å²) in [6, 6.07) is 1.41. The molecular weight excluding hydrogens is 323 g/mol. The Bertz CT molecular complexity index is 715. The number of carbonyl (C=O) groups is 1. The minimum Gasteiger partial charge on any atom is -0.310 e. The van der Waals surface area contributed by atoms with Crippen molar-refractivity contribution in [1.29, 1.82) is 0 Å². The van der Waals surface area contributed by atoms with Crippen molar-refractivity contribution in [3.8, 4) is 0 Å². The second-order valence-electron chi connectivity index (χ2n) is 5.44. The van der Waals surface area contributed by atoms with E-state index in [1.165, 1.54) is 6.33 Å². The van der Waals surface area contributed by atoms with Crippen molar-refractivity contribution < 1.29 is 4.79 Å². The Morgan fingerprint density at radius 2 is 2.18 bits per heavy atom. The Balaban J connectivity index is 2.00. The van der Waals surface area contributed by atoms with E-state index in [9.17, 15) is 4.79 Å². The number of amides is 1. The van der Waals surface area contributed by atoms with Crippen molar-refractivity contribution in [3.63, 3.8) is 0 Å². The average Bonchev–Trinajstić information content (AvgIpc) is 3.05. The van der Waals surface area contributed by atoms with E-state index in [1.807, 2.05) is 19.9 Å². The maximum atomic E-state index is 12.8. The number of carbonyl (C=O) groups excluding carboxylic acids is 1. The van der Waals surface area contributed by atoms with E-state index in [2.05, 4.69) is 10.1 Å². The Morgan fingerprint density at radius 3 is 2.86 bits per heavy atom. The molecule has 1 aliphatic heterocycles. The highest BCUT2D eigenvalue weighted by Crippen LogP contribution is 2.39. The van der Waals surface area contributed by atoms with E-state index in [-0.39, 0.29) is 5.91 Å². The second kappa shape index (κ2) is 5.89. The third-order valence-electron chi connectivity index (χ3n) is 4.08. The molecule has 116 valence electrons. The maximum Gasteiger partial charge on any atom is 0.251 e. The van der Waals surface area contributed by atoms with Crippen LogP contribution in [0.4, 0.5) is 5.69 Å². The van der Waals surface area contributed by atoms with Crippen molar-refractivity contribution in [2.45, 2.75) is 32.7 Å². The van der Waals surface area contributed by atoms with Crippen LogP contribution in [0.5, 0.6) is 0 Å². The highest BCUT2D eigenvalue weighted by atomic mass is 35.5. The summed E-state index contributed by atoms with van der Waals surface area (Å²) in [5, 5.41) is 5.28. The van der Waals surface area contributed by atoms with Crippen LogP contribution in [0.15, 0.2) is 18.7 Å². The van der Waals surface area contributed by atoms with Crippen molar-refractivity contribution >= 4 is 34.8 Å². The number of fused-ring (bicyclic) bond motifs is 1. The van der Waals surface area contributed by atoms with Gasteiger partial charge in [-0.25, -0.2) is 9.67 Å². The van der Waals surface area contributed by atoms with Gasteiger partial charge in [-0.05, 0) is 43.9 Å². The van der Waals surface area contributed by atoms with Crippen molar-refractivity contribution in [2.75, 3.05) is 11.4 Å². The smallest absolute Gasteiger partial charge is 0.251 e. The standard InChI is InChI=1S/C15H16Cl2N4O/c1-9-12(16)6-13-11(14(9)17)4-3-5-20(13)15(22)10(2)21-8-18-7-19-21/h6-8,10H,3-5H2,1-2H3. The third kappa shape index (κ3) is 2.48. The molecular formula is C15H16Cl2N4O. The van der Waals surface area contributed by atoms with Gasteiger partial charge in [0.1, 0.15) is 18.7 Å². The van der Waals surface area contributed by atoms with Crippen LogP contribution in [-0.4, -0.2) is 27.2 Å². The number of benzene rings is 1. The van der Waals surface area contributed by atoms with Crippen LogP contribution in [0.2, 0.25) is 10.0 Å². The fraction of sp³-hybridized carbons (Fsp3) is 0.400. The van der Waals surface area contributed by atoms with Crippen molar-refractivity contribution in [3.05, 3.63) is 39.9 Å². The van der Waals surface area contributed by atoms with Gasteiger partial charge in [-0.15, -0.1) is 0 Å². The molecule has 1 amide bonds. The maximum absolute atomic E-state index is 12.8. The molecule has 0 radical (unpaired) electrons. The molecule has 5 nitrogen and oxygen atoms in total. The van der Waals surface area contributed by atoms with Gasteiger partial charge in [0.2, 0.25) is 0 Å². The summed E-state index contributed by atoms with van der Waals surface area (Å²) < 4.78 is 1.55. The molecule has 1 aliphatic rings. The van der Waals surface area contributed by atoms with Crippen LogP contribution in [-0.2, 0) is 11.2 Å². The number of anilines is 1. The topological polar surface area (TPSA) is 51.0 Å². The molecule has 0 bridgehead atoms. The minimum absolute atomic E-state index is 0.0394. The van der Waals surface area contributed by atoms with Crippen molar-refractivity contribution in [1.82, 2.24) is 14.8 Å². The SMILES string of the molecule is Cc1c(Cl)cc2c(c1Cl)CCCN2C(=O)C(C)n1cncn1. The molecule has 1 atom stereocenters. The Hall–Kier alpha value is -1.59. The predicted molar refractivity (Wildman–Crippen MR) is 86.6 cm³/mol. The van der Waals surface area contributed by atoms with E-state index in [4.69, 9.17) is 23.2 Å². The number of halogens is 2. The highest BCUT2D eigenvalue weighted by Gasteiger charge is 2.29. The monoisotopic (exact) mass is 338 g/mol. The molecule has 2 heterocycles. The van der Waals surface area contributed by atoms with E-state index in [0.717, 1.165) is 29.7 Å². The second-order valence-corrected chi connectivity index (χ2v) is 6.23. The number of hydrogen-bond donors (Lipinski definition) is 0. The van der Waals surface area contributed by atoms with Gasteiger partial charge in [-0.1, -0.05) is 23.2 Å². The van der Waals surface area contributed by atoms with Gasteiger partial charge in [0, 0.05) is 17.3 Å². The summed E-state index contributed by atoms with van der Waals surface area (Å²) in [5.41, 5.74) is 2.67. The number of aromatic nitrogens is 3. The fourth-order valence-corrected chi connectivity index (χ4v) is 3.30. The molecule has 1 unspecified atom stereocenters. The number of hydrogen-bond acceptors (Lipinski definition) is 3. The van der Waals surface area contributed by atoms with Crippen LogP contribution in [0.25, 0.3) is 0 Å². The molecule has 1 aromatic heterocycles. The first-order valence-electron chi connectivity index (χ1n) is 7.13. The third-order valence-corrected chi connectivity index (χ3v) is 4.99. The van der Waals surface area contributed by atoms with Crippen LogP contribution in [0.1, 0.15) is 30.5 Å². The summed E-state index contributed by atoms with van der Waals surface area (Å²) in [7, 11) is 0. The molecule has 0 spiro atoms. The summed E-state index contributed by atoms with van der Waals surface area (Å²) in [6.45, 7) is 4.35. The summed E-state index contributed by atoms with van der Waals surface area (Å²) in [4.78, 5) is 18.5. The minimum atomic E-state index is -0.424. The zero-order chi connectivity index (χ0) is 15.9. The first-order chi connectivity index (χ1) is 10.5. The Morgan fingerprint density at radius 1 is 1.41 bits per heavy atom. The largest absolute Gasteiger partial charge is 0.310 e. The molecule has 2 aromatic rings. The summed E-state index contributed by atoms with van der Waals surface area (Å²) >= 11 is 12.7. The fourth-order valence-electron chi connectivity index (χ4n) is 2.76. The van der Waals surface area contributed by atoms with Gasteiger partial charge in [0.15, 0.2) is 0 Å². The van der Waals surface area contributed by atoms with Crippen molar-refractivity contribution in [2.24, 2.45) is 0 Å².